The smallest absolute Gasteiger partial charge is 0.221 e. The summed E-state index contributed by atoms with van der Waals surface area (Å²) >= 11 is 0. The Morgan fingerprint density at radius 2 is 1.25 bits per heavy atom. The zero-order chi connectivity index (χ0) is 20.7. The minimum atomic E-state index is 0.216. The van der Waals surface area contributed by atoms with Crippen LogP contribution in [0, 0.1) is 0 Å². The number of rotatable bonds is 22. The fraction of sp³-hybridized carbons (Fsp3) is 0.958. The molecule has 0 aliphatic carbocycles. The summed E-state index contributed by atoms with van der Waals surface area (Å²) in [5, 5.41) is 6.45. The monoisotopic (exact) mass is 397 g/mol. The van der Waals surface area contributed by atoms with Gasteiger partial charge in [0.05, 0.1) is 0 Å². The van der Waals surface area contributed by atoms with Crippen molar-refractivity contribution in [2.75, 3.05) is 39.3 Å². The van der Waals surface area contributed by atoms with Gasteiger partial charge in [-0.05, 0) is 39.0 Å². The fourth-order valence-electron chi connectivity index (χ4n) is 3.57. The van der Waals surface area contributed by atoms with Crippen molar-refractivity contribution < 1.29 is 4.79 Å². The molecule has 0 rings (SSSR count). The molecule has 0 saturated heterocycles. The second-order valence-electron chi connectivity index (χ2n) is 8.13. The molecule has 0 atom stereocenters. The summed E-state index contributed by atoms with van der Waals surface area (Å²) in [7, 11) is 0. The van der Waals surface area contributed by atoms with Gasteiger partial charge in [0.15, 0.2) is 0 Å². The van der Waals surface area contributed by atoms with E-state index >= 15 is 0 Å². The molecule has 0 radical (unpaired) electrons. The van der Waals surface area contributed by atoms with E-state index in [0.29, 0.717) is 6.42 Å². The molecule has 168 valence electrons. The number of amides is 1. The number of unbranched alkanes of at least 4 members (excludes halogenated alkanes) is 11. The van der Waals surface area contributed by atoms with Crippen LogP contribution in [0.2, 0.25) is 0 Å². The van der Waals surface area contributed by atoms with Crippen LogP contribution in [0.25, 0.3) is 0 Å². The van der Waals surface area contributed by atoms with Crippen LogP contribution in [0.3, 0.4) is 0 Å². The van der Waals surface area contributed by atoms with E-state index in [1.807, 2.05) is 0 Å². The van der Waals surface area contributed by atoms with Crippen molar-refractivity contribution in [3.63, 3.8) is 0 Å². The van der Waals surface area contributed by atoms with Gasteiger partial charge in [-0.1, -0.05) is 91.4 Å². The molecular weight excluding hydrogens is 346 g/mol. The van der Waals surface area contributed by atoms with Gasteiger partial charge in [-0.15, -0.1) is 0 Å². The SMILES string of the molecule is CCCCCCCCCCCCCCNC(=O)CCN(CC)CCCNCC. The Kier molecular flexibility index (Phi) is 22.2. The highest BCUT2D eigenvalue weighted by atomic mass is 16.1. The molecule has 4 nitrogen and oxygen atoms in total. The van der Waals surface area contributed by atoms with Crippen LogP contribution >= 0.6 is 0 Å². The summed E-state index contributed by atoms with van der Waals surface area (Å²) in [5.41, 5.74) is 0. The van der Waals surface area contributed by atoms with E-state index in [1.165, 1.54) is 70.6 Å². The third-order valence-corrected chi connectivity index (χ3v) is 5.53. The molecule has 0 unspecified atom stereocenters. The van der Waals surface area contributed by atoms with Gasteiger partial charge in [0.1, 0.15) is 0 Å². The van der Waals surface area contributed by atoms with E-state index in [2.05, 4.69) is 36.3 Å². The van der Waals surface area contributed by atoms with Crippen LogP contribution in [0.1, 0.15) is 111 Å². The van der Waals surface area contributed by atoms with Gasteiger partial charge in [0.2, 0.25) is 5.91 Å². The maximum atomic E-state index is 12.0. The van der Waals surface area contributed by atoms with Crippen molar-refractivity contribution in [1.29, 1.82) is 0 Å². The average molecular weight is 398 g/mol. The van der Waals surface area contributed by atoms with Gasteiger partial charge in [-0.2, -0.15) is 0 Å². The predicted molar refractivity (Wildman–Crippen MR) is 124 cm³/mol. The predicted octanol–water partition coefficient (Wildman–Crippen LogP) is 5.52. The Bertz CT molecular complexity index is 323. The quantitative estimate of drug-likeness (QED) is 0.237. The van der Waals surface area contributed by atoms with Crippen LogP contribution in [-0.4, -0.2) is 50.1 Å². The van der Waals surface area contributed by atoms with Gasteiger partial charge in [-0.3, -0.25) is 4.79 Å². The normalized spacial score (nSPS) is 11.3. The highest BCUT2D eigenvalue weighted by Gasteiger charge is 2.06. The summed E-state index contributed by atoms with van der Waals surface area (Å²) in [5.74, 6) is 0.216. The molecule has 0 bridgehead atoms. The third kappa shape index (κ3) is 20.1. The molecule has 0 aliphatic heterocycles. The standard InChI is InChI=1S/C24H51N3O/c1-4-7-8-9-10-11-12-13-14-15-16-17-21-26-24(28)19-23-27(6-3)22-18-20-25-5-2/h25H,4-23H2,1-3H3,(H,26,28). The first-order chi connectivity index (χ1) is 13.7. The molecule has 28 heavy (non-hydrogen) atoms. The van der Waals surface area contributed by atoms with Gasteiger partial charge in [0, 0.05) is 19.5 Å². The lowest BCUT2D eigenvalue weighted by Crippen LogP contribution is -2.33. The molecule has 1 amide bonds. The number of nitrogens with one attached hydrogen (secondary N) is 2. The molecule has 2 N–H and O–H groups in total. The molecule has 0 aromatic rings. The van der Waals surface area contributed by atoms with Crippen LogP contribution in [0.15, 0.2) is 0 Å². The van der Waals surface area contributed by atoms with Crippen LogP contribution in [0.5, 0.6) is 0 Å². The Morgan fingerprint density at radius 3 is 1.79 bits per heavy atom. The second kappa shape index (κ2) is 22.7. The van der Waals surface area contributed by atoms with E-state index in [4.69, 9.17) is 0 Å². The summed E-state index contributed by atoms with van der Waals surface area (Å²) in [4.78, 5) is 14.4. The van der Waals surface area contributed by atoms with E-state index < -0.39 is 0 Å². The third-order valence-electron chi connectivity index (χ3n) is 5.53. The number of carbonyl (C=O) groups excluding carboxylic acids is 1. The largest absolute Gasteiger partial charge is 0.356 e. The highest BCUT2D eigenvalue weighted by Crippen LogP contribution is 2.11. The number of hydrogen-bond donors (Lipinski definition) is 2. The average Bonchev–Trinajstić information content (AvgIpc) is 2.71. The van der Waals surface area contributed by atoms with Crippen molar-refractivity contribution in [1.82, 2.24) is 15.5 Å². The lowest BCUT2D eigenvalue weighted by molar-refractivity contribution is -0.121. The number of nitrogens with zero attached hydrogens (tertiary/aromatic N) is 1. The maximum Gasteiger partial charge on any atom is 0.221 e. The van der Waals surface area contributed by atoms with Gasteiger partial charge < -0.3 is 15.5 Å². The summed E-state index contributed by atoms with van der Waals surface area (Å²) in [6, 6.07) is 0. The van der Waals surface area contributed by atoms with Gasteiger partial charge in [-0.25, -0.2) is 0 Å². The van der Waals surface area contributed by atoms with E-state index in [0.717, 1.165) is 52.1 Å². The first-order valence-corrected chi connectivity index (χ1v) is 12.4. The Morgan fingerprint density at radius 1 is 0.679 bits per heavy atom. The van der Waals surface area contributed by atoms with Gasteiger partial charge in [0.25, 0.3) is 0 Å². The molecule has 0 fully saturated rings. The minimum Gasteiger partial charge on any atom is -0.356 e. The zero-order valence-electron chi connectivity index (χ0n) is 19.5. The lowest BCUT2D eigenvalue weighted by atomic mass is 10.1. The summed E-state index contributed by atoms with van der Waals surface area (Å²) < 4.78 is 0. The van der Waals surface area contributed by atoms with Crippen LogP contribution in [0.4, 0.5) is 0 Å². The van der Waals surface area contributed by atoms with Crippen molar-refractivity contribution in [2.45, 2.75) is 111 Å². The molecule has 0 saturated carbocycles. The zero-order valence-corrected chi connectivity index (χ0v) is 19.5. The van der Waals surface area contributed by atoms with Gasteiger partial charge >= 0.3 is 0 Å². The molecule has 0 spiro atoms. The second-order valence-corrected chi connectivity index (χ2v) is 8.13. The summed E-state index contributed by atoms with van der Waals surface area (Å²) in [6.07, 6.45) is 18.1. The molecule has 0 aliphatic rings. The van der Waals surface area contributed by atoms with Crippen molar-refractivity contribution in [3.8, 4) is 0 Å². The summed E-state index contributed by atoms with van der Waals surface area (Å²) in [6.45, 7) is 12.5. The lowest BCUT2D eigenvalue weighted by Gasteiger charge is -2.20. The molecule has 0 aromatic heterocycles. The topological polar surface area (TPSA) is 44.4 Å². The molecule has 4 heteroatoms. The first kappa shape index (κ1) is 27.4. The van der Waals surface area contributed by atoms with E-state index in [1.54, 1.807) is 0 Å². The van der Waals surface area contributed by atoms with E-state index in [-0.39, 0.29) is 5.91 Å². The molecule has 0 heterocycles. The minimum absolute atomic E-state index is 0.216. The number of hydrogen-bond acceptors (Lipinski definition) is 3. The first-order valence-electron chi connectivity index (χ1n) is 12.4. The van der Waals surface area contributed by atoms with Crippen LogP contribution < -0.4 is 10.6 Å². The Hall–Kier alpha value is -0.610. The van der Waals surface area contributed by atoms with E-state index in [9.17, 15) is 4.79 Å². The van der Waals surface area contributed by atoms with Crippen molar-refractivity contribution in [2.24, 2.45) is 0 Å². The molecular formula is C24H51N3O. The number of carbonyl (C=O) groups is 1. The Balaban J connectivity index is 3.36. The van der Waals surface area contributed by atoms with Crippen LogP contribution in [-0.2, 0) is 4.79 Å². The fourth-order valence-corrected chi connectivity index (χ4v) is 3.57. The van der Waals surface area contributed by atoms with Crippen molar-refractivity contribution >= 4 is 5.91 Å². The highest BCUT2D eigenvalue weighted by molar-refractivity contribution is 5.75. The van der Waals surface area contributed by atoms with Crippen molar-refractivity contribution in [3.05, 3.63) is 0 Å². The molecule has 0 aromatic carbocycles. The Labute approximate surface area is 176 Å². The maximum absolute atomic E-state index is 12.0.